The lowest BCUT2D eigenvalue weighted by atomic mass is 9.63. The van der Waals surface area contributed by atoms with Crippen LogP contribution >= 0.6 is 0 Å². The van der Waals surface area contributed by atoms with Gasteiger partial charge in [0.2, 0.25) is 0 Å². The van der Waals surface area contributed by atoms with Crippen LogP contribution in [0.1, 0.15) is 59.8 Å². The molecule has 1 saturated heterocycles. The zero-order valence-electron chi connectivity index (χ0n) is 13.8. The molecule has 20 heavy (non-hydrogen) atoms. The van der Waals surface area contributed by atoms with Crippen molar-refractivity contribution in [1.82, 2.24) is 0 Å². The van der Waals surface area contributed by atoms with E-state index in [-0.39, 0.29) is 11.7 Å². The minimum Gasteiger partial charge on any atom is -0.363 e. The van der Waals surface area contributed by atoms with E-state index in [2.05, 4.69) is 46.9 Å². The Morgan fingerprint density at radius 3 is 2.50 bits per heavy atom. The molecule has 0 spiro atoms. The monoisotopic (exact) mass is 276 g/mol. The fraction of sp³-hybridized carbons (Fsp3) is 0.789. The lowest BCUT2D eigenvalue weighted by Crippen LogP contribution is -2.45. The van der Waals surface area contributed by atoms with E-state index in [1.165, 1.54) is 24.8 Å². The molecule has 1 heteroatoms. The second-order valence-corrected chi connectivity index (χ2v) is 7.58. The summed E-state index contributed by atoms with van der Waals surface area (Å²) in [7, 11) is 0. The quantitative estimate of drug-likeness (QED) is 0.627. The van der Waals surface area contributed by atoms with Gasteiger partial charge in [-0.25, -0.2) is 0 Å². The summed E-state index contributed by atoms with van der Waals surface area (Å²) in [5.74, 6) is 2.96. The summed E-state index contributed by atoms with van der Waals surface area (Å²) in [6, 6.07) is 0. The molecule has 5 unspecified atom stereocenters. The molecule has 0 radical (unpaired) electrons. The van der Waals surface area contributed by atoms with Gasteiger partial charge in [0.25, 0.3) is 0 Å². The van der Waals surface area contributed by atoms with E-state index in [4.69, 9.17) is 4.74 Å². The molecule has 5 atom stereocenters. The molecule has 0 N–H and O–H groups in total. The maximum Gasteiger partial charge on any atom is 0.0899 e. The Labute approximate surface area is 125 Å². The third kappa shape index (κ3) is 2.88. The third-order valence-electron chi connectivity index (χ3n) is 5.70. The third-order valence-corrected chi connectivity index (χ3v) is 5.70. The molecule has 1 aliphatic heterocycles. The fourth-order valence-corrected chi connectivity index (χ4v) is 4.42. The highest BCUT2D eigenvalue weighted by atomic mass is 16.5. The van der Waals surface area contributed by atoms with Gasteiger partial charge in [-0.2, -0.15) is 0 Å². The summed E-state index contributed by atoms with van der Waals surface area (Å²) < 4.78 is 6.51. The first kappa shape index (κ1) is 15.8. The number of hydrogen-bond donors (Lipinski definition) is 0. The summed E-state index contributed by atoms with van der Waals surface area (Å²) in [4.78, 5) is 0. The molecule has 114 valence electrons. The molecule has 2 fully saturated rings. The first-order valence-electron chi connectivity index (χ1n) is 8.36. The first-order valence-corrected chi connectivity index (χ1v) is 8.36. The molecule has 0 amide bonds. The van der Waals surface area contributed by atoms with Gasteiger partial charge >= 0.3 is 0 Å². The summed E-state index contributed by atoms with van der Waals surface area (Å²) in [6.07, 6.45) is 8.59. The van der Waals surface area contributed by atoms with Gasteiger partial charge in [-0.15, -0.1) is 6.58 Å². The molecule has 2 aliphatic rings. The van der Waals surface area contributed by atoms with Crippen molar-refractivity contribution in [3.8, 4) is 0 Å². The molecular weight excluding hydrogens is 244 g/mol. The lowest BCUT2D eigenvalue weighted by Gasteiger charge is -2.46. The fourth-order valence-electron chi connectivity index (χ4n) is 4.42. The van der Waals surface area contributed by atoms with Crippen molar-refractivity contribution >= 4 is 0 Å². The SMILES string of the molecule is C=CC1(C2CC(C)CCC2C(C)C)CCC(C(=C)C)O1. The summed E-state index contributed by atoms with van der Waals surface area (Å²) in [6.45, 7) is 17.5. The molecular formula is C19H32O. The molecule has 1 heterocycles. The van der Waals surface area contributed by atoms with E-state index < -0.39 is 0 Å². The van der Waals surface area contributed by atoms with Crippen LogP contribution in [0.2, 0.25) is 0 Å². The normalized spacial score (nSPS) is 41.9. The highest BCUT2D eigenvalue weighted by Crippen LogP contribution is 2.50. The van der Waals surface area contributed by atoms with E-state index in [1.807, 2.05) is 0 Å². The molecule has 1 aliphatic carbocycles. The van der Waals surface area contributed by atoms with Gasteiger partial charge in [0, 0.05) is 0 Å². The van der Waals surface area contributed by atoms with E-state index in [0.29, 0.717) is 5.92 Å². The second kappa shape index (κ2) is 6.05. The number of hydrogen-bond acceptors (Lipinski definition) is 1. The Morgan fingerprint density at radius 2 is 2.00 bits per heavy atom. The summed E-state index contributed by atoms with van der Waals surface area (Å²) in [5, 5.41) is 0. The predicted molar refractivity (Wildman–Crippen MR) is 86.7 cm³/mol. The minimum atomic E-state index is -0.104. The zero-order chi connectivity index (χ0) is 14.9. The smallest absolute Gasteiger partial charge is 0.0899 e. The Balaban J connectivity index is 2.24. The van der Waals surface area contributed by atoms with Crippen molar-refractivity contribution in [2.45, 2.75) is 71.5 Å². The predicted octanol–water partition coefficient (Wildman–Crippen LogP) is 5.37. The zero-order valence-corrected chi connectivity index (χ0v) is 13.8. The van der Waals surface area contributed by atoms with Crippen molar-refractivity contribution < 1.29 is 4.74 Å². The highest BCUT2D eigenvalue weighted by Gasteiger charge is 2.49. The van der Waals surface area contributed by atoms with Gasteiger partial charge in [-0.05, 0) is 56.3 Å². The molecule has 0 aromatic heterocycles. The summed E-state index contributed by atoms with van der Waals surface area (Å²) in [5.41, 5.74) is 1.06. The van der Waals surface area contributed by atoms with Crippen molar-refractivity contribution in [2.75, 3.05) is 0 Å². The van der Waals surface area contributed by atoms with Crippen LogP contribution in [0.25, 0.3) is 0 Å². The van der Waals surface area contributed by atoms with E-state index in [1.54, 1.807) is 0 Å². The highest BCUT2D eigenvalue weighted by molar-refractivity contribution is 5.13. The molecule has 2 rings (SSSR count). The largest absolute Gasteiger partial charge is 0.363 e. The molecule has 0 aromatic rings. The van der Waals surface area contributed by atoms with E-state index >= 15 is 0 Å². The average molecular weight is 276 g/mol. The van der Waals surface area contributed by atoms with Crippen LogP contribution in [0.4, 0.5) is 0 Å². The second-order valence-electron chi connectivity index (χ2n) is 7.58. The van der Waals surface area contributed by atoms with Gasteiger partial charge in [0.15, 0.2) is 0 Å². The molecule has 0 aromatic carbocycles. The van der Waals surface area contributed by atoms with Crippen molar-refractivity contribution in [2.24, 2.45) is 23.7 Å². The maximum atomic E-state index is 6.51. The first-order chi connectivity index (χ1) is 9.39. The number of rotatable bonds is 4. The summed E-state index contributed by atoms with van der Waals surface area (Å²) >= 11 is 0. The van der Waals surface area contributed by atoms with Gasteiger partial charge < -0.3 is 4.74 Å². The van der Waals surface area contributed by atoms with Crippen LogP contribution in [-0.4, -0.2) is 11.7 Å². The van der Waals surface area contributed by atoms with Crippen LogP contribution < -0.4 is 0 Å². The minimum absolute atomic E-state index is 0.104. The van der Waals surface area contributed by atoms with Gasteiger partial charge in [-0.1, -0.05) is 45.4 Å². The van der Waals surface area contributed by atoms with Crippen molar-refractivity contribution in [3.63, 3.8) is 0 Å². The standard InChI is InChI=1S/C19H32O/c1-7-19(11-10-18(20-19)14(4)5)17-12-15(6)8-9-16(17)13(2)3/h7,13,15-18H,1,4,8-12H2,2-3,5-6H3. The maximum absolute atomic E-state index is 6.51. The lowest BCUT2D eigenvalue weighted by molar-refractivity contribution is -0.0769. The molecule has 1 saturated carbocycles. The van der Waals surface area contributed by atoms with Crippen molar-refractivity contribution in [1.29, 1.82) is 0 Å². The van der Waals surface area contributed by atoms with Crippen LogP contribution in [0.3, 0.4) is 0 Å². The van der Waals surface area contributed by atoms with Crippen LogP contribution in [0, 0.1) is 23.7 Å². The Bertz CT molecular complexity index is 370. The van der Waals surface area contributed by atoms with E-state index in [0.717, 1.165) is 30.6 Å². The molecule has 0 bridgehead atoms. The van der Waals surface area contributed by atoms with Crippen LogP contribution in [0.5, 0.6) is 0 Å². The van der Waals surface area contributed by atoms with E-state index in [9.17, 15) is 0 Å². The van der Waals surface area contributed by atoms with Gasteiger partial charge in [-0.3, -0.25) is 0 Å². The van der Waals surface area contributed by atoms with Crippen LogP contribution in [-0.2, 0) is 4.74 Å². The Morgan fingerprint density at radius 1 is 1.30 bits per heavy atom. The van der Waals surface area contributed by atoms with Gasteiger partial charge in [0.1, 0.15) is 0 Å². The van der Waals surface area contributed by atoms with Crippen molar-refractivity contribution in [3.05, 3.63) is 24.8 Å². The number of ether oxygens (including phenoxy) is 1. The van der Waals surface area contributed by atoms with Gasteiger partial charge in [0.05, 0.1) is 11.7 Å². The Kier molecular flexibility index (Phi) is 4.79. The topological polar surface area (TPSA) is 9.23 Å². The Hall–Kier alpha value is -0.560. The average Bonchev–Trinajstić information content (AvgIpc) is 2.84. The van der Waals surface area contributed by atoms with Crippen LogP contribution in [0.15, 0.2) is 24.8 Å². The molecule has 1 nitrogen and oxygen atoms in total.